The van der Waals surface area contributed by atoms with Gasteiger partial charge in [0.05, 0.1) is 19.1 Å². The number of carbonyl (C=O) groups excluding carboxylic acids is 2. The number of esters is 1. The zero-order valence-electron chi connectivity index (χ0n) is 11.4. The van der Waals surface area contributed by atoms with Crippen molar-refractivity contribution in [3.05, 3.63) is 35.6 Å². The first-order chi connectivity index (χ1) is 8.54. The minimum Gasteiger partial charge on any atom is -0.548 e. The van der Waals surface area contributed by atoms with Crippen LogP contribution >= 0.6 is 0 Å². The number of aliphatic carboxylic acids is 1. The SMILES string of the molecule is COC(=O)/C=C(/C)N[C@@H](C(=O)[O-])C1=CCC=CC1.[Na+]. The molecule has 0 radical (unpaired) electrons. The molecule has 0 aromatic heterocycles. The van der Waals surface area contributed by atoms with E-state index in [-0.39, 0.29) is 29.6 Å². The van der Waals surface area contributed by atoms with E-state index in [1.807, 2.05) is 18.2 Å². The summed E-state index contributed by atoms with van der Waals surface area (Å²) in [7, 11) is 1.26. The summed E-state index contributed by atoms with van der Waals surface area (Å²) < 4.78 is 4.46. The van der Waals surface area contributed by atoms with Gasteiger partial charge in [0, 0.05) is 11.8 Å². The van der Waals surface area contributed by atoms with Gasteiger partial charge in [-0.3, -0.25) is 0 Å². The van der Waals surface area contributed by atoms with E-state index < -0.39 is 18.0 Å². The molecule has 1 aliphatic carbocycles. The fraction of sp³-hybridized carbons (Fsp3) is 0.385. The van der Waals surface area contributed by atoms with Crippen molar-refractivity contribution < 1.29 is 49.0 Å². The van der Waals surface area contributed by atoms with Crippen LogP contribution in [0.5, 0.6) is 0 Å². The fourth-order valence-electron chi connectivity index (χ4n) is 1.66. The number of rotatable bonds is 5. The van der Waals surface area contributed by atoms with E-state index in [4.69, 9.17) is 0 Å². The molecule has 0 aromatic carbocycles. The van der Waals surface area contributed by atoms with E-state index in [9.17, 15) is 14.7 Å². The first-order valence-corrected chi connectivity index (χ1v) is 5.62. The molecule has 0 aliphatic heterocycles. The summed E-state index contributed by atoms with van der Waals surface area (Å²) in [5.41, 5.74) is 1.15. The minimum absolute atomic E-state index is 0. The van der Waals surface area contributed by atoms with Gasteiger partial charge in [0.25, 0.3) is 0 Å². The predicted octanol–water partition coefficient (Wildman–Crippen LogP) is -2.95. The largest absolute Gasteiger partial charge is 1.00 e. The Balaban J connectivity index is 0.00000324. The third kappa shape index (κ3) is 6.09. The second kappa shape index (κ2) is 8.96. The summed E-state index contributed by atoms with van der Waals surface area (Å²) in [5.74, 6) is -1.75. The van der Waals surface area contributed by atoms with Gasteiger partial charge in [-0.05, 0) is 25.3 Å². The number of carboxylic acids is 1. The van der Waals surface area contributed by atoms with Gasteiger partial charge in [0.15, 0.2) is 0 Å². The Morgan fingerprint density at radius 1 is 1.47 bits per heavy atom. The van der Waals surface area contributed by atoms with Crippen molar-refractivity contribution in [2.75, 3.05) is 7.11 Å². The Labute approximate surface area is 134 Å². The maximum Gasteiger partial charge on any atom is 1.00 e. The number of carboxylic acid groups (broad SMARTS) is 1. The average Bonchev–Trinajstić information content (AvgIpc) is 2.36. The molecule has 19 heavy (non-hydrogen) atoms. The van der Waals surface area contributed by atoms with Crippen LogP contribution in [0.4, 0.5) is 0 Å². The zero-order valence-corrected chi connectivity index (χ0v) is 13.4. The van der Waals surface area contributed by atoms with Crippen LogP contribution in [0.3, 0.4) is 0 Å². The Bertz CT molecular complexity index is 426. The van der Waals surface area contributed by atoms with Crippen LogP contribution in [-0.2, 0) is 14.3 Å². The molecule has 98 valence electrons. The van der Waals surface area contributed by atoms with Gasteiger partial charge >= 0.3 is 35.5 Å². The third-order valence-electron chi connectivity index (χ3n) is 2.55. The molecule has 0 fully saturated rings. The number of hydrogen-bond acceptors (Lipinski definition) is 5. The van der Waals surface area contributed by atoms with Gasteiger partial charge < -0.3 is 20.0 Å². The van der Waals surface area contributed by atoms with Gasteiger partial charge in [-0.1, -0.05) is 18.2 Å². The number of hydrogen-bond donors (Lipinski definition) is 1. The molecule has 0 aromatic rings. The molecule has 0 saturated carbocycles. The summed E-state index contributed by atoms with van der Waals surface area (Å²) in [5, 5.41) is 13.9. The molecule has 0 unspecified atom stereocenters. The molecule has 0 amide bonds. The van der Waals surface area contributed by atoms with Crippen LogP contribution < -0.4 is 40.0 Å². The maximum atomic E-state index is 11.1. The Morgan fingerprint density at radius 2 is 2.16 bits per heavy atom. The van der Waals surface area contributed by atoms with Gasteiger partial charge in [-0.15, -0.1) is 0 Å². The maximum absolute atomic E-state index is 11.1. The monoisotopic (exact) mass is 273 g/mol. The molecule has 0 heterocycles. The molecule has 0 bridgehead atoms. The molecular formula is C13H16NNaO4. The Kier molecular flexibility index (Phi) is 8.47. The van der Waals surface area contributed by atoms with Crippen LogP contribution in [0, 0.1) is 0 Å². The number of ether oxygens (including phenoxy) is 1. The van der Waals surface area contributed by atoms with Gasteiger partial charge in [0.2, 0.25) is 0 Å². The topological polar surface area (TPSA) is 78.5 Å². The van der Waals surface area contributed by atoms with E-state index in [0.29, 0.717) is 18.5 Å². The van der Waals surface area contributed by atoms with Crippen molar-refractivity contribution in [3.8, 4) is 0 Å². The van der Waals surface area contributed by atoms with E-state index >= 15 is 0 Å². The van der Waals surface area contributed by atoms with Gasteiger partial charge in [0.1, 0.15) is 0 Å². The Hall–Kier alpha value is -1.04. The van der Waals surface area contributed by atoms with Crippen LogP contribution in [0.2, 0.25) is 0 Å². The number of methoxy groups -OCH3 is 1. The van der Waals surface area contributed by atoms with E-state index in [1.54, 1.807) is 6.92 Å². The summed E-state index contributed by atoms with van der Waals surface area (Å²) >= 11 is 0. The minimum atomic E-state index is -1.21. The molecule has 6 heteroatoms. The van der Waals surface area contributed by atoms with Crippen LogP contribution in [0.1, 0.15) is 19.8 Å². The first kappa shape index (κ1) is 18.0. The molecule has 1 rings (SSSR count). The van der Waals surface area contributed by atoms with Gasteiger partial charge in [-0.2, -0.15) is 0 Å². The zero-order chi connectivity index (χ0) is 13.5. The molecule has 1 atom stereocenters. The quantitative estimate of drug-likeness (QED) is 0.251. The summed E-state index contributed by atoms with van der Waals surface area (Å²) in [6.45, 7) is 1.60. The molecule has 1 aliphatic rings. The molecule has 0 saturated heterocycles. The average molecular weight is 273 g/mol. The van der Waals surface area contributed by atoms with Crippen molar-refractivity contribution in [3.63, 3.8) is 0 Å². The molecule has 0 spiro atoms. The standard InChI is InChI=1S/C13H17NO4.Na/c1-9(8-11(15)18-2)14-12(13(16)17)10-6-4-3-5-7-10;/h3-4,7-8,12,14H,5-6H2,1-2H3,(H,16,17);/q;+1/p-1/b9-8-;/t12-;/m1./s1. The predicted molar refractivity (Wildman–Crippen MR) is 64.2 cm³/mol. The number of carbonyl (C=O) groups is 2. The van der Waals surface area contributed by atoms with Crippen molar-refractivity contribution in [2.45, 2.75) is 25.8 Å². The van der Waals surface area contributed by atoms with E-state index in [2.05, 4.69) is 10.1 Å². The van der Waals surface area contributed by atoms with Gasteiger partial charge in [-0.25, -0.2) is 4.79 Å². The van der Waals surface area contributed by atoms with Crippen molar-refractivity contribution in [1.82, 2.24) is 5.32 Å². The Morgan fingerprint density at radius 3 is 2.63 bits per heavy atom. The third-order valence-corrected chi connectivity index (χ3v) is 2.55. The molecular weight excluding hydrogens is 257 g/mol. The van der Waals surface area contributed by atoms with Crippen molar-refractivity contribution in [2.24, 2.45) is 0 Å². The summed E-state index contributed by atoms with van der Waals surface area (Å²) in [6, 6.07) is -0.921. The second-order valence-electron chi connectivity index (χ2n) is 3.94. The molecule has 5 nitrogen and oxygen atoms in total. The fourth-order valence-corrected chi connectivity index (χ4v) is 1.66. The first-order valence-electron chi connectivity index (χ1n) is 5.62. The normalized spacial score (nSPS) is 15.9. The van der Waals surface area contributed by atoms with Crippen LogP contribution in [0.25, 0.3) is 0 Å². The van der Waals surface area contributed by atoms with Crippen LogP contribution in [-0.4, -0.2) is 25.1 Å². The smallest absolute Gasteiger partial charge is 0.548 e. The summed E-state index contributed by atoms with van der Waals surface area (Å²) in [6.07, 6.45) is 8.20. The second-order valence-corrected chi connectivity index (χ2v) is 3.94. The van der Waals surface area contributed by atoms with Crippen molar-refractivity contribution in [1.29, 1.82) is 0 Å². The molecule has 1 N–H and O–H groups in total. The number of nitrogens with one attached hydrogen (secondary N) is 1. The number of allylic oxidation sites excluding steroid dienone is 4. The van der Waals surface area contributed by atoms with E-state index in [1.165, 1.54) is 13.2 Å². The van der Waals surface area contributed by atoms with E-state index in [0.717, 1.165) is 5.57 Å². The van der Waals surface area contributed by atoms with Crippen molar-refractivity contribution >= 4 is 11.9 Å². The van der Waals surface area contributed by atoms with Crippen LogP contribution in [0.15, 0.2) is 35.6 Å². The summed E-state index contributed by atoms with van der Waals surface area (Å²) in [4.78, 5) is 22.1.